The van der Waals surface area contributed by atoms with Gasteiger partial charge in [-0.3, -0.25) is 4.68 Å². The zero-order valence-electron chi connectivity index (χ0n) is 12.5. The lowest BCUT2D eigenvalue weighted by molar-refractivity contribution is 0.197. The quantitative estimate of drug-likeness (QED) is 0.909. The van der Waals surface area contributed by atoms with Crippen molar-refractivity contribution in [3.05, 3.63) is 51.6 Å². The number of aliphatic hydroxyl groups excluding tert-OH is 1. The molecule has 114 valence electrons. The van der Waals surface area contributed by atoms with Crippen molar-refractivity contribution in [2.45, 2.75) is 46.3 Å². The molecule has 1 aromatic heterocycles. The number of aryl methyl sites for hydroxylation is 1. The number of aromatic nitrogens is 2. The molecule has 0 radical (unpaired) electrons. The van der Waals surface area contributed by atoms with Gasteiger partial charge in [-0.15, -0.1) is 0 Å². The second kappa shape index (κ2) is 6.58. The smallest absolute Gasteiger partial charge is 0.124 e. The molecule has 1 atom stereocenters. The first-order valence-corrected chi connectivity index (χ1v) is 7.56. The van der Waals surface area contributed by atoms with Crippen LogP contribution < -0.4 is 0 Å². The Labute approximate surface area is 129 Å². The Morgan fingerprint density at radius 1 is 1.33 bits per heavy atom. The zero-order chi connectivity index (χ0) is 15.6. The van der Waals surface area contributed by atoms with Crippen LogP contribution in [0.3, 0.4) is 0 Å². The minimum Gasteiger partial charge on any atom is -0.389 e. The van der Waals surface area contributed by atoms with Crippen LogP contribution in [0.1, 0.15) is 49.4 Å². The number of hydrogen-bond donors (Lipinski definition) is 1. The Hall–Kier alpha value is -1.39. The fourth-order valence-corrected chi connectivity index (χ4v) is 2.85. The summed E-state index contributed by atoms with van der Waals surface area (Å²) in [5.74, 6) is -0.348. The lowest BCUT2D eigenvalue weighted by Crippen LogP contribution is -2.08. The first-order chi connectivity index (χ1) is 9.97. The van der Waals surface area contributed by atoms with Crippen molar-refractivity contribution in [1.29, 1.82) is 0 Å². The summed E-state index contributed by atoms with van der Waals surface area (Å²) in [6, 6.07) is 4.38. The largest absolute Gasteiger partial charge is 0.389 e. The van der Waals surface area contributed by atoms with E-state index < -0.39 is 6.10 Å². The standard InChI is InChI=1S/C16H20ClFN2O/c1-4-14-16(10(3)21)15(5-2)20(19-14)9-11-6-7-12(18)8-13(11)17/h6-8,10,21H,4-5,9H2,1-3H3. The summed E-state index contributed by atoms with van der Waals surface area (Å²) in [6.45, 7) is 6.28. The summed E-state index contributed by atoms with van der Waals surface area (Å²) < 4.78 is 15.0. The van der Waals surface area contributed by atoms with E-state index >= 15 is 0 Å². The van der Waals surface area contributed by atoms with Crippen LogP contribution in [0, 0.1) is 5.82 Å². The number of hydrogen-bond acceptors (Lipinski definition) is 2. The van der Waals surface area contributed by atoms with Gasteiger partial charge in [-0.25, -0.2) is 4.39 Å². The molecule has 2 aromatic rings. The highest BCUT2D eigenvalue weighted by Gasteiger charge is 2.19. The van der Waals surface area contributed by atoms with E-state index in [1.165, 1.54) is 12.1 Å². The molecule has 1 aromatic carbocycles. The fourth-order valence-electron chi connectivity index (χ4n) is 2.62. The average Bonchev–Trinajstić information content (AvgIpc) is 2.79. The van der Waals surface area contributed by atoms with Gasteiger partial charge in [0, 0.05) is 16.3 Å². The second-order valence-corrected chi connectivity index (χ2v) is 5.49. The van der Waals surface area contributed by atoms with E-state index in [-0.39, 0.29) is 5.82 Å². The Morgan fingerprint density at radius 2 is 2.05 bits per heavy atom. The third-order valence-electron chi connectivity index (χ3n) is 3.60. The molecule has 0 saturated heterocycles. The van der Waals surface area contributed by atoms with E-state index in [2.05, 4.69) is 5.10 Å². The van der Waals surface area contributed by atoms with Gasteiger partial charge in [-0.05, 0) is 37.5 Å². The van der Waals surface area contributed by atoms with Gasteiger partial charge in [0.1, 0.15) is 5.82 Å². The zero-order valence-corrected chi connectivity index (χ0v) is 13.3. The Balaban J connectivity index is 2.44. The summed E-state index contributed by atoms with van der Waals surface area (Å²) in [4.78, 5) is 0. The topological polar surface area (TPSA) is 38.0 Å². The number of benzene rings is 1. The Kier molecular flexibility index (Phi) is 5.01. The van der Waals surface area contributed by atoms with Gasteiger partial charge in [0.05, 0.1) is 18.3 Å². The maximum absolute atomic E-state index is 13.1. The normalized spacial score (nSPS) is 12.7. The lowest BCUT2D eigenvalue weighted by atomic mass is 10.0. The van der Waals surface area contributed by atoms with Crippen molar-refractivity contribution in [3.8, 4) is 0 Å². The highest BCUT2D eigenvalue weighted by atomic mass is 35.5. The average molecular weight is 311 g/mol. The van der Waals surface area contributed by atoms with Crippen molar-refractivity contribution in [1.82, 2.24) is 9.78 Å². The van der Waals surface area contributed by atoms with E-state index in [9.17, 15) is 9.50 Å². The predicted octanol–water partition coefficient (Wildman–Crippen LogP) is 3.90. The maximum Gasteiger partial charge on any atom is 0.124 e. The van der Waals surface area contributed by atoms with Gasteiger partial charge in [-0.2, -0.15) is 5.10 Å². The molecule has 0 aliphatic heterocycles. The van der Waals surface area contributed by atoms with Crippen LogP contribution in [0.4, 0.5) is 4.39 Å². The molecule has 0 amide bonds. The van der Waals surface area contributed by atoms with E-state index in [1.54, 1.807) is 13.0 Å². The summed E-state index contributed by atoms with van der Waals surface area (Å²) in [5, 5.41) is 15.0. The molecule has 1 N–H and O–H groups in total. The summed E-state index contributed by atoms with van der Waals surface area (Å²) >= 11 is 6.09. The molecule has 1 unspecified atom stereocenters. The number of aliphatic hydroxyl groups is 1. The van der Waals surface area contributed by atoms with Crippen LogP contribution in [0.5, 0.6) is 0 Å². The molecular formula is C16H20ClFN2O. The van der Waals surface area contributed by atoms with Crippen LogP contribution in [0.15, 0.2) is 18.2 Å². The number of halogens is 2. The number of rotatable bonds is 5. The number of nitrogens with zero attached hydrogens (tertiary/aromatic N) is 2. The first-order valence-electron chi connectivity index (χ1n) is 7.18. The minimum atomic E-state index is -0.549. The van der Waals surface area contributed by atoms with Gasteiger partial charge in [0.2, 0.25) is 0 Å². The second-order valence-electron chi connectivity index (χ2n) is 5.08. The van der Waals surface area contributed by atoms with E-state index in [4.69, 9.17) is 11.6 Å². The van der Waals surface area contributed by atoms with Crippen molar-refractivity contribution < 1.29 is 9.50 Å². The molecule has 0 aliphatic rings. The summed E-state index contributed by atoms with van der Waals surface area (Å²) in [6.07, 6.45) is 0.982. The molecule has 1 heterocycles. The predicted molar refractivity (Wildman–Crippen MR) is 82.1 cm³/mol. The SMILES string of the molecule is CCc1nn(Cc2ccc(F)cc2Cl)c(CC)c1C(C)O. The van der Waals surface area contributed by atoms with Crippen LogP contribution in [0.2, 0.25) is 5.02 Å². The molecule has 5 heteroatoms. The van der Waals surface area contributed by atoms with Gasteiger partial charge in [0.15, 0.2) is 0 Å². The van der Waals surface area contributed by atoms with Crippen LogP contribution in [0.25, 0.3) is 0 Å². The summed E-state index contributed by atoms with van der Waals surface area (Å²) in [7, 11) is 0. The van der Waals surface area contributed by atoms with Crippen LogP contribution in [-0.4, -0.2) is 14.9 Å². The van der Waals surface area contributed by atoms with Crippen molar-refractivity contribution in [2.24, 2.45) is 0 Å². The molecule has 0 fully saturated rings. The summed E-state index contributed by atoms with van der Waals surface area (Å²) in [5.41, 5.74) is 3.62. The van der Waals surface area contributed by atoms with E-state index in [0.717, 1.165) is 35.4 Å². The Morgan fingerprint density at radius 3 is 2.57 bits per heavy atom. The highest BCUT2D eigenvalue weighted by Crippen LogP contribution is 2.25. The monoisotopic (exact) mass is 310 g/mol. The first kappa shape index (κ1) is 16.0. The Bertz CT molecular complexity index is 637. The molecule has 0 bridgehead atoms. The molecule has 0 saturated carbocycles. The van der Waals surface area contributed by atoms with Crippen LogP contribution >= 0.6 is 11.6 Å². The van der Waals surface area contributed by atoms with E-state index in [0.29, 0.717) is 11.6 Å². The van der Waals surface area contributed by atoms with Gasteiger partial charge < -0.3 is 5.11 Å². The fraction of sp³-hybridized carbons (Fsp3) is 0.438. The highest BCUT2D eigenvalue weighted by molar-refractivity contribution is 6.31. The van der Waals surface area contributed by atoms with Gasteiger partial charge in [-0.1, -0.05) is 31.5 Å². The van der Waals surface area contributed by atoms with Crippen molar-refractivity contribution in [3.63, 3.8) is 0 Å². The van der Waals surface area contributed by atoms with Gasteiger partial charge in [0.25, 0.3) is 0 Å². The van der Waals surface area contributed by atoms with Crippen molar-refractivity contribution >= 4 is 11.6 Å². The molecule has 0 spiro atoms. The van der Waals surface area contributed by atoms with Crippen LogP contribution in [-0.2, 0) is 19.4 Å². The third kappa shape index (κ3) is 3.27. The molecule has 3 nitrogen and oxygen atoms in total. The van der Waals surface area contributed by atoms with Crippen molar-refractivity contribution in [2.75, 3.05) is 0 Å². The third-order valence-corrected chi connectivity index (χ3v) is 3.95. The molecule has 0 aliphatic carbocycles. The van der Waals surface area contributed by atoms with Gasteiger partial charge >= 0.3 is 0 Å². The minimum absolute atomic E-state index is 0.348. The molecule has 2 rings (SSSR count). The molecule has 21 heavy (non-hydrogen) atoms. The molecular weight excluding hydrogens is 291 g/mol. The lowest BCUT2D eigenvalue weighted by Gasteiger charge is -2.10. The van der Waals surface area contributed by atoms with E-state index in [1.807, 2.05) is 18.5 Å². The maximum atomic E-state index is 13.1.